The first kappa shape index (κ1) is 10.6. The molecular formula is C15H14N4. The molecule has 4 heteroatoms. The van der Waals surface area contributed by atoms with Crippen LogP contribution in [0.2, 0.25) is 0 Å². The Morgan fingerprint density at radius 1 is 1.05 bits per heavy atom. The molecule has 0 spiro atoms. The molecule has 0 saturated heterocycles. The van der Waals surface area contributed by atoms with Crippen LogP contribution in [-0.2, 0) is 12.8 Å². The molecule has 3 aromatic rings. The number of aromatic amines is 1. The molecule has 1 aliphatic rings. The van der Waals surface area contributed by atoms with Crippen LogP contribution in [0.4, 0.5) is 5.82 Å². The van der Waals surface area contributed by atoms with Gasteiger partial charge in [0.25, 0.3) is 0 Å². The lowest BCUT2D eigenvalue weighted by Gasteiger charge is -2.09. The molecule has 0 unspecified atom stereocenters. The largest absolute Gasteiger partial charge is 0.382 e. The van der Waals surface area contributed by atoms with Crippen LogP contribution >= 0.6 is 0 Å². The van der Waals surface area contributed by atoms with Crippen molar-refractivity contribution in [2.75, 3.05) is 5.73 Å². The molecule has 0 radical (unpaired) electrons. The number of fused-ring (bicyclic) bond motifs is 3. The average molecular weight is 250 g/mol. The molecule has 0 amide bonds. The number of rotatable bonds is 1. The van der Waals surface area contributed by atoms with Gasteiger partial charge in [-0.2, -0.15) is 5.10 Å². The highest BCUT2D eigenvalue weighted by Gasteiger charge is 2.23. The normalized spacial score (nSPS) is 13.9. The SMILES string of the molecule is Nc1n[nH]c2nc(-c3ccccc3)c3c(c12)CCC3. The second-order valence-corrected chi connectivity index (χ2v) is 4.97. The van der Waals surface area contributed by atoms with Gasteiger partial charge in [0, 0.05) is 5.56 Å². The lowest BCUT2D eigenvalue weighted by molar-refractivity contribution is 0.913. The summed E-state index contributed by atoms with van der Waals surface area (Å²) in [5.74, 6) is 0.570. The van der Waals surface area contributed by atoms with Crippen molar-refractivity contribution in [2.45, 2.75) is 19.3 Å². The first-order valence-electron chi connectivity index (χ1n) is 6.55. The van der Waals surface area contributed by atoms with E-state index in [1.165, 1.54) is 17.5 Å². The molecule has 1 aromatic carbocycles. The van der Waals surface area contributed by atoms with Crippen LogP contribution in [0.1, 0.15) is 17.5 Å². The highest BCUT2D eigenvalue weighted by atomic mass is 15.2. The number of pyridine rings is 1. The lowest BCUT2D eigenvalue weighted by Crippen LogP contribution is -1.96. The fourth-order valence-corrected chi connectivity index (χ4v) is 3.02. The molecule has 3 N–H and O–H groups in total. The van der Waals surface area contributed by atoms with Crippen molar-refractivity contribution in [1.82, 2.24) is 15.2 Å². The van der Waals surface area contributed by atoms with E-state index in [9.17, 15) is 0 Å². The predicted molar refractivity (Wildman–Crippen MR) is 75.8 cm³/mol. The van der Waals surface area contributed by atoms with Crippen molar-refractivity contribution in [3.05, 3.63) is 41.5 Å². The fraction of sp³-hybridized carbons (Fsp3) is 0.200. The summed E-state index contributed by atoms with van der Waals surface area (Å²) in [7, 11) is 0. The number of aryl methyl sites for hydroxylation is 1. The summed E-state index contributed by atoms with van der Waals surface area (Å²) in [6.45, 7) is 0. The lowest BCUT2D eigenvalue weighted by atomic mass is 10.0. The van der Waals surface area contributed by atoms with Crippen LogP contribution in [0.15, 0.2) is 30.3 Å². The summed E-state index contributed by atoms with van der Waals surface area (Å²) in [6.07, 6.45) is 3.31. The minimum atomic E-state index is 0.570. The Hall–Kier alpha value is -2.36. The molecule has 4 rings (SSSR count). The second kappa shape index (κ2) is 3.82. The number of nitrogens with zero attached hydrogens (tertiary/aromatic N) is 2. The third-order valence-corrected chi connectivity index (χ3v) is 3.85. The van der Waals surface area contributed by atoms with E-state index in [0.29, 0.717) is 5.82 Å². The maximum absolute atomic E-state index is 5.96. The van der Waals surface area contributed by atoms with Crippen LogP contribution < -0.4 is 5.73 Å². The number of nitrogens with one attached hydrogen (secondary N) is 1. The van der Waals surface area contributed by atoms with Gasteiger partial charge in [0.15, 0.2) is 11.5 Å². The number of H-pyrrole nitrogens is 1. The average Bonchev–Trinajstić information content (AvgIpc) is 3.05. The summed E-state index contributed by atoms with van der Waals surface area (Å²) in [4.78, 5) is 4.74. The van der Waals surface area contributed by atoms with Gasteiger partial charge in [-0.1, -0.05) is 30.3 Å². The molecule has 1 aliphatic carbocycles. The molecule has 94 valence electrons. The van der Waals surface area contributed by atoms with Gasteiger partial charge in [0.2, 0.25) is 0 Å². The van der Waals surface area contributed by atoms with E-state index < -0.39 is 0 Å². The van der Waals surface area contributed by atoms with Gasteiger partial charge in [-0.05, 0) is 30.4 Å². The van der Waals surface area contributed by atoms with E-state index in [-0.39, 0.29) is 0 Å². The molecule has 4 nitrogen and oxygen atoms in total. The summed E-state index contributed by atoms with van der Waals surface area (Å²) >= 11 is 0. The van der Waals surface area contributed by atoms with E-state index in [4.69, 9.17) is 10.7 Å². The Labute approximate surface area is 110 Å². The summed E-state index contributed by atoms with van der Waals surface area (Å²) in [6, 6.07) is 10.3. The number of hydrogen-bond acceptors (Lipinski definition) is 3. The van der Waals surface area contributed by atoms with Crippen LogP contribution in [0.3, 0.4) is 0 Å². The standard InChI is InChI=1S/C15H14N4/c16-14-12-10-7-4-8-11(10)13(17-15(12)19-18-14)9-5-2-1-3-6-9/h1-3,5-6H,4,7-8H2,(H3,16,17,18,19). The Balaban J connectivity index is 2.08. The second-order valence-electron chi connectivity index (χ2n) is 4.97. The summed E-state index contributed by atoms with van der Waals surface area (Å²) < 4.78 is 0. The Morgan fingerprint density at radius 2 is 1.84 bits per heavy atom. The van der Waals surface area contributed by atoms with Gasteiger partial charge in [-0.3, -0.25) is 5.10 Å². The van der Waals surface area contributed by atoms with Crippen molar-refractivity contribution in [3.63, 3.8) is 0 Å². The van der Waals surface area contributed by atoms with E-state index in [1.807, 2.05) is 18.2 Å². The molecular weight excluding hydrogens is 236 g/mol. The molecule has 19 heavy (non-hydrogen) atoms. The van der Waals surface area contributed by atoms with Gasteiger partial charge in [0.1, 0.15) is 0 Å². The van der Waals surface area contributed by atoms with E-state index in [1.54, 1.807) is 0 Å². The Kier molecular flexibility index (Phi) is 2.12. The van der Waals surface area contributed by atoms with Gasteiger partial charge in [-0.25, -0.2) is 4.98 Å². The highest BCUT2D eigenvalue weighted by molar-refractivity contribution is 5.93. The number of nitrogens with two attached hydrogens (primary N) is 1. The van der Waals surface area contributed by atoms with Crippen LogP contribution in [0, 0.1) is 0 Å². The van der Waals surface area contributed by atoms with Crippen LogP contribution in [0.5, 0.6) is 0 Å². The van der Waals surface area contributed by atoms with Gasteiger partial charge in [-0.15, -0.1) is 0 Å². The first-order valence-corrected chi connectivity index (χ1v) is 6.55. The number of benzene rings is 1. The minimum Gasteiger partial charge on any atom is -0.382 e. The number of hydrogen-bond donors (Lipinski definition) is 2. The summed E-state index contributed by atoms with van der Waals surface area (Å²) in [5.41, 5.74) is 11.7. The number of nitrogen functional groups attached to an aromatic ring is 1. The van der Waals surface area contributed by atoms with Gasteiger partial charge in [0.05, 0.1) is 11.1 Å². The zero-order valence-electron chi connectivity index (χ0n) is 10.5. The molecule has 2 heterocycles. The molecule has 0 fully saturated rings. The Bertz CT molecular complexity index is 759. The smallest absolute Gasteiger partial charge is 0.158 e. The van der Waals surface area contributed by atoms with Crippen LogP contribution in [-0.4, -0.2) is 15.2 Å². The zero-order valence-corrected chi connectivity index (χ0v) is 10.5. The van der Waals surface area contributed by atoms with E-state index in [0.717, 1.165) is 35.1 Å². The molecule has 0 saturated carbocycles. The van der Waals surface area contributed by atoms with Gasteiger partial charge < -0.3 is 5.73 Å². The summed E-state index contributed by atoms with van der Waals surface area (Å²) in [5, 5.41) is 8.06. The quantitative estimate of drug-likeness (QED) is 0.697. The maximum Gasteiger partial charge on any atom is 0.158 e. The van der Waals surface area contributed by atoms with Crippen molar-refractivity contribution >= 4 is 16.9 Å². The molecule has 0 atom stereocenters. The third kappa shape index (κ3) is 1.46. The van der Waals surface area contributed by atoms with Crippen molar-refractivity contribution in [2.24, 2.45) is 0 Å². The number of anilines is 1. The van der Waals surface area contributed by atoms with Gasteiger partial charge >= 0.3 is 0 Å². The monoisotopic (exact) mass is 250 g/mol. The van der Waals surface area contributed by atoms with Crippen molar-refractivity contribution < 1.29 is 0 Å². The van der Waals surface area contributed by atoms with Crippen LogP contribution in [0.25, 0.3) is 22.3 Å². The third-order valence-electron chi connectivity index (χ3n) is 3.85. The highest BCUT2D eigenvalue weighted by Crippen LogP contribution is 2.36. The Morgan fingerprint density at radius 3 is 2.68 bits per heavy atom. The van der Waals surface area contributed by atoms with E-state index in [2.05, 4.69) is 22.3 Å². The fourth-order valence-electron chi connectivity index (χ4n) is 3.02. The van der Waals surface area contributed by atoms with Crippen molar-refractivity contribution in [3.8, 4) is 11.3 Å². The number of aromatic nitrogens is 3. The topological polar surface area (TPSA) is 67.6 Å². The predicted octanol–water partition coefficient (Wildman–Crippen LogP) is 2.70. The first-order chi connectivity index (χ1) is 9.34. The van der Waals surface area contributed by atoms with Crippen molar-refractivity contribution in [1.29, 1.82) is 0 Å². The molecule has 2 aromatic heterocycles. The maximum atomic E-state index is 5.96. The molecule has 0 bridgehead atoms. The molecule has 0 aliphatic heterocycles. The zero-order chi connectivity index (χ0) is 12.8. The minimum absolute atomic E-state index is 0.570. The van der Waals surface area contributed by atoms with E-state index >= 15 is 0 Å².